The van der Waals surface area contributed by atoms with Gasteiger partial charge >= 0.3 is 0 Å². The molecule has 1 amide bonds. The minimum atomic E-state index is -0.328. The first kappa shape index (κ1) is 19.2. The molecule has 2 N–H and O–H groups in total. The average Bonchev–Trinajstić information content (AvgIpc) is 3.26. The van der Waals surface area contributed by atoms with Gasteiger partial charge in [0, 0.05) is 18.0 Å². The van der Waals surface area contributed by atoms with Crippen LogP contribution in [-0.4, -0.2) is 35.7 Å². The van der Waals surface area contributed by atoms with Crippen LogP contribution in [0.25, 0.3) is 11.4 Å². The number of carbonyl (C=O) groups is 1. The number of nitrogens with one attached hydrogen (secondary N) is 2. The molecule has 7 nitrogen and oxygen atoms in total. The van der Waals surface area contributed by atoms with E-state index in [9.17, 15) is 4.79 Å². The van der Waals surface area contributed by atoms with Gasteiger partial charge in [-0.25, -0.2) is 0 Å². The van der Waals surface area contributed by atoms with Crippen molar-refractivity contribution in [1.82, 2.24) is 20.8 Å². The number of benzene rings is 1. The lowest BCUT2D eigenvalue weighted by molar-refractivity contribution is -0.122. The van der Waals surface area contributed by atoms with Crippen LogP contribution in [0.5, 0.6) is 5.75 Å². The smallest absolute Gasteiger partial charge is 0.249 e. The van der Waals surface area contributed by atoms with Gasteiger partial charge in [0.25, 0.3) is 0 Å². The Bertz CT molecular complexity index is 701. The molecule has 8 heteroatoms. The van der Waals surface area contributed by atoms with E-state index in [-0.39, 0.29) is 30.4 Å². The maximum atomic E-state index is 12.1. The lowest BCUT2D eigenvalue weighted by Crippen LogP contribution is -2.33. The van der Waals surface area contributed by atoms with E-state index in [1.807, 2.05) is 31.2 Å². The van der Waals surface area contributed by atoms with E-state index in [2.05, 4.69) is 20.8 Å². The summed E-state index contributed by atoms with van der Waals surface area (Å²) in [7, 11) is 1.61. The number of amides is 1. The summed E-state index contributed by atoms with van der Waals surface area (Å²) in [5.41, 5.74) is 0.804. The zero-order valence-electron chi connectivity index (χ0n) is 14.3. The maximum Gasteiger partial charge on any atom is 0.249 e. The molecule has 1 fully saturated rings. The Morgan fingerprint density at radius 1 is 1.52 bits per heavy atom. The number of hydrogen-bond donors (Lipinski definition) is 2. The Kier molecular flexibility index (Phi) is 6.78. The van der Waals surface area contributed by atoms with Crippen molar-refractivity contribution < 1.29 is 14.1 Å². The third kappa shape index (κ3) is 4.93. The predicted octanol–water partition coefficient (Wildman–Crippen LogP) is 2.49. The second-order valence-electron chi connectivity index (χ2n) is 5.97. The van der Waals surface area contributed by atoms with Crippen LogP contribution in [0, 0.1) is 0 Å². The molecule has 2 unspecified atom stereocenters. The highest BCUT2D eigenvalue weighted by Crippen LogP contribution is 2.22. The quantitative estimate of drug-likeness (QED) is 0.816. The molecule has 2 atom stereocenters. The summed E-state index contributed by atoms with van der Waals surface area (Å²) in [6.07, 6.45) is 2.64. The molecule has 0 aliphatic carbocycles. The van der Waals surface area contributed by atoms with Crippen LogP contribution < -0.4 is 15.4 Å². The highest BCUT2D eigenvalue weighted by Gasteiger charge is 2.21. The largest absolute Gasteiger partial charge is 0.497 e. The zero-order valence-corrected chi connectivity index (χ0v) is 15.1. The normalized spacial score (nSPS) is 17.6. The number of nitrogens with zero attached hydrogens (tertiary/aromatic N) is 2. The summed E-state index contributed by atoms with van der Waals surface area (Å²) in [5.74, 6) is 1.58. The van der Waals surface area contributed by atoms with Crippen LogP contribution in [0.4, 0.5) is 0 Å². The summed E-state index contributed by atoms with van der Waals surface area (Å²) in [6, 6.07) is 7.38. The fourth-order valence-corrected chi connectivity index (χ4v) is 2.81. The molecule has 2 heterocycles. The third-order valence-electron chi connectivity index (χ3n) is 4.11. The van der Waals surface area contributed by atoms with Crippen LogP contribution in [0.1, 0.15) is 38.1 Å². The Labute approximate surface area is 152 Å². The van der Waals surface area contributed by atoms with E-state index >= 15 is 0 Å². The standard InChI is InChI=1S/C17H22N4O3.ClH/c1-11(19-15(22)10-13-6-4-8-18-13)17-20-16(21-24-17)12-5-3-7-14(9-12)23-2;/h3,5,7,9,11,13,18H,4,6,8,10H2,1-2H3,(H,19,22);1H. The van der Waals surface area contributed by atoms with E-state index in [0.29, 0.717) is 18.1 Å². The van der Waals surface area contributed by atoms with E-state index in [1.165, 1.54) is 0 Å². The molecule has 1 saturated heterocycles. The second-order valence-corrected chi connectivity index (χ2v) is 5.97. The topological polar surface area (TPSA) is 89.3 Å². The van der Waals surface area contributed by atoms with Crippen LogP contribution in [0.2, 0.25) is 0 Å². The van der Waals surface area contributed by atoms with Gasteiger partial charge in [-0.3, -0.25) is 4.79 Å². The Morgan fingerprint density at radius 3 is 3.08 bits per heavy atom. The lowest BCUT2D eigenvalue weighted by Gasteiger charge is -2.13. The van der Waals surface area contributed by atoms with Crippen LogP contribution in [-0.2, 0) is 4.79 Å². The third-order valence-corrected chi connectivity index (χ3v) is 4.11. The second kappa shape index (κ2) is 8.82. The molecule has 1 aliphatic heterocycles. The monoisotopic (exact) mass is 366 g/mol. The van der Waals surface area contributed by atoms with E-state index < -0.39 is 0 Å². The van der Waals surface area contributed by atoms with Crippen molar-refractivity contribution in [3.8, 4) is 17.1 Å². The summed E-state index contributed by atoms with van der Waals surface area (Å²) >= 11 is 0. The van der Waals surface area contributed by atoms with Gasteiger partial charge in [-0.15, -0.1) is 12.4 Å². The molecule has 1 aromatic heterocycles. The highest BCUT2D eigenvalue weighted by molar-refractivity contribution is 5.85. The van der Waals surface area contributed by atoms with Crippen molar-refractivity contribution in [2.45, 2.75) is 38.3 Å². The Hall–Kier alpha value is -2.12. The highest BCUT2D eigenvalue weighted by atomic mass is 35.5. The van der Waals surface area contributed by atoms with Gasteiger partial charge in [-0.2, -0.15) is 4.98 Å². The first-order chi connectivity index (χ1) is 11.7. The minimum absolute atomic E-state index is 0. The Balaban J connectivity index is 0.00000225. The van der Waals surface area contributed by atoms with Crippen molar-refractivity contribution in [1.29, 1.82) is 0 Å². The first-order valence-corrected chi connectivity index (χ1v) is 8.16. The first-order valence-electron chi connectivity index (χ1n) is 8.16. The number of hydrogen-bond acceptors (Lipinski definition) is 6. The Morgan fingerprint density at radius 2 is 2.36 bits per heavy atom. The molecular weight excluding hydrogens is 344 g/mol. The van der Waals surface area contributed by atoms with Gasteiger partial charge in [0.2, 0.25) is 17.6 Å². The van der Waals surface area contributed by atoms with Gasteiger partial charge in [0.15, 0.2) is 0 Å². The van der Waals surface area contributed by atoms with Gasteiger partial charge in [0.05, 0.1) is 7.11 Å². The van der Waals surface area contributed by atoms with Crippen LogP contribution >= 0.6 is 12.4 Å². The van der Waals surface area contributed by atoms with Gasteiger partial charge in [0.1, 0.15) is 11.8 Å². The molecule has 0 saturated carbocycles. The van der Waals surface area contributed by atoms with Crippen molar-refractivity contribution in [3.05, 3.63) is 30.2 Å². The van der Waals surface area contributed by atoms with Crippen molar-refractivity contribution in [2.24, 2.45) is 0 Å². The molecule has 0 radical (unpaired) electrons. The number of rotatable bonds is 6. The molecule has 1 aromatic carbocycles. The summed E-state index contributed by atoms with van der Waals surface area (Å²) < 4.78 is 10.5. The van der Waals surface area contributed by atoms with E-state index in [0.717, 1.165) is 30.7 Å². The van der Waals surface area contributed by atoms with Crippen LogP contribution in [0.3, 0.4) is 0 Å². The van der Waals surface area contributed by atoms with Crippen molar-refractivity contribution in [3.63, 3.8) is 0 Å². The summed E-state index contributed by atoms with van der Waals surface area (Å²) in [5, 5.41) is 10.2. The molecule has 2 aromatic rings. The zero-order chi connectivity index (χ0) is 16.9. The maximum absolute atomic E-state index is 12.1. The summed E-state index contributed by atoms with van der Waals surface area (Å²) in [4.78, 5) is 16.5. The lowest BCUT2D eigenvalue weighted by atomic mass is 10.1. The number of halogens is 1. The van der Waals surface area contributed by atoms with Gasteiger partial charge in [-0.1, -0.05) is 17.3 Å². The average molecular weight is 367 g/mol. The van der Waals surface area contributed by atoms with E-state index in [4.69, 9.17) is 9.26 Å². The molecule has 25 heavy (non-hydrogen) atoms. The fourth-order valence-electron chi connectivity index (χ4n) is 2.81. The van der Waals surface area contributed by atoms with Gasteiger partial charge in [-0.05, 0) is 38.4 Å². The predicted molar refractivity (Wildman–Crippen MR) is 95.7 cm³/mol. The minimum Gasteiger partial charge on any atom is -0.497 e. The van der Waals surface area contributed by atoms with Gasteiger partial charge < -0.3 is 19.9 Å². The molecule has 136 valence electrons. The molecular formula is C17H23ClN4O3. The van der Waals surface area contributed by atoms with Crippen LogP contribution in [0.15, 0.2) is 28.8 Å². The number of ether oxygens (including phenoxy) is 1. The number of methoxy groups -OCH3 is 1. The number of carbonyl (C=O) groups excluding carboxylic acids is 1. The van der Waals surface area contributed by atoms with Crippen molar-refractivity contribution in [2.75, 3.05) is 13.7 Å². The molecule has 0 bridgehead atoms. The molecule has 3 rings (SSSR count). The SMILES string of the molecule is COc1cccc(-c2noc(C(C)NC(=O)CC3CCCN3)n2)c1.Cl. The number of aromatic nitrogens is 2. The molecule has 1 aliphatic rings. The molecule has 0 spiro atoms. The van der Waals surface area contributed by atoms with E-state index in [1.54, 1.807) is 7.11 Å². The fraction of sp³-hybridized carbons (Fsp3) is 0.471. The summed E-state index contributed by atoms with van der Waals surface area (Å²) in [6.45, 7) is 2.82. The van der Waals surface area contributed by atoms with Crippen molar-refractivity contribution >= 4 is 18.3 Å².